The molecule has 0 spiro atoms. The van der Waals surface area contributed by atoms with Gasteiger partial charge in [-0.05, 0) is 37.6 Å². The Balaban J connectivity index is 1.80. The van der Waals surface area contributed by atoms with Gasteiger partial charge < -0.3 is 15.1 Å². The Bertz CT molecular complexity index is 675. The van der Waals surface area contributed by atoms with Gasteiger partial charge in [0.2, 0.25) is 0 Å². The number of rotatable bonds is 3. The molecule has 0 bridgehead atoms. The molecule has 2 N–H and O–H groups in total. The molecule has 1 aliphatic carbocycles. The summed E-state index contributed by atoms with van der Waals surface area (Å²) in [5.41, 5.74) is 2.12. The summed E-state index contributed by atoms with van der Waals surface area (Å²) >= 11 is 0. The van der Waals surface area contributed by atoms with Gasteiger partial charge in [-0.15, -0.1) is 0 Å². The first-order valence-electron chi connectivity index (χ1n) is 7.07. The lowest BCUT2D eigenvalue weighted by molar-refractivity contribution is 0.0914. The average Bonchev–Trinajstić information content (AvgIpc) is 2.96. The fraction of sp³-hybridized carbons (Fsp3) is 0.235. The molecular formula is C17H18N2O2. The predicted molar refractivity (Wildman–Crippen MR) is 82.6 cm³/mol. The molecule has 1 atom stereocenters. The number of fused-ring (bicyclic) bond motifs is 1. The molecule has 1 unspecified atom stereocenters. The van der Waals surface area contributed by atoms with E-state index in [-0.39, 0.29) is 18.0 Å². The lowest BCUT2D eigenvalue weighted by atomic mass is 9.96. The molecule has 0 saturated heterocycles. The largest absolute Gasteiger partial charge is 0.451 e. The van der Waals surface area contributed by atoms with Crippen molar-refractivity contribution in [2.45, 2.75) is 25.9 Å². The van der Waals surface area contributed by atoms with Gasteiger partial charge in [0.1, 0.15) is 5.76 Å². The summed E-state index contributed by atoms with van der Waals surface area (Å²) in [6.07, 6.45) is 12.2. The minimum atomic E-state index is -0.188. The third-order valence-electron chi connectivity index (χ3n) is 3.34. The van der Waals surface area contributed by atoms with Gasteiger partial charge in [-0.2, -0.15) is 0 Å². The minimum absolute atomic E-state index is 0.0867. The summed E-state index contributed by atoms with van der Waals surface area (Å²) < 4.78 is 5.66. The molecule has 1 aliphatic heterocycles. The van der Waals surface area contributed by atoms with Gasteiger partial charge in [0.05, 0.1) is 6.04 Å². The first kappa shape index (κ1) is 13.5. The van der Waals surface area contributed by atoms with Crippen LogP contribution in [0.4, 0.5) is 0 Å². The van der Waals surface area contributed by atoms with E-state index in [1.54, 1.807) is 6.07 Å². The Kier molecular flexibility index (Phi) is 3.52. The number of hydrogen-bond acceptors (Lipinski definition) is 3. The van der Waals surface area contributed by atoms with Crippen LogP contribution in [0.25, 0.3) is 5.57 Å². The maximum atomic E-state index is 11.9. The molecule has 0 radical (unpaired) electrons. The molecule has 1 aromatic rings. The summed E-state index contributed by atoms with van der Waals surface area (Å²) in [6, 6.07) is 3.83. The van der Waals surface area contributed by atoms with Gasteiger partial charge in [-0.1, -0.05) is 24.3 Å². The fourth-order valence-electron chi connectivity index (χ4n) is 2.34. The highest BCUT2D eigenvalue weighted by Gasteiger charge is 2.18. The average molecular weight is 282 g/mol. The second-order valence-electron chi connectivity index (χ2n) is 5.42. The monoisotopic (exact) mass is 282 g/mol. The van der Waals surface area contributed by atoms with Crippen LogP contribution in [-0.2, 0) is 0 Å². The van der Waals surface area contributed by atoms with E-state index in [9.17, 15) is 4.79 Å². The van der Waals surface area contributed by atoms with E-state index in [2.05, 4.69) is 28.9 Å². The van der Waals surface area contributed by atoms with Gasteiger partial charge in [0.25, 0.3) is 5.91 Å². The summed E-state index contributed by atoms with van der Waals surface area (Å²) in [5, 5.41) is 6.13. The van der Waals surface area contributed by atoms with E-state index >= 15 is 0 Å². The summed E-state index contributed by atoms with van der Waals surface area (Å²) in [4.78, 5) is 11.9. The number of amides is 1. The molecule has 3 rings (SSSR count). The van der Waals surface area contributed by atoms with Crippen molar-refractivity contribution in [2.75, 3.05) is 0 Å². The second kappa shape index (κ2) is 5.48. The van der Waals surface area contributed by atoms with Crippen molar-refractivity contribution in [1.82, 2.24) is 10.6 Å². The summed E-state index contributed by atoms with van der Waals surface area (Å²) in [5.74, 6) is 0.830. The lowest BCUT2D eigenvalue weighted by Gasteiger charge is -2.22. The van der Waals surface area contributed by atoms with Crippen LogP contribution in [0.15, 0.2) is 58.7 Å². The molecule has 0 saturated carbocycles. The van der Waals surface area contributed by atoms with Crippen molar-refractivity contribution in [3.63, 3.8) is 0 Å². The van der Waals surface area contributed by atoms with E-state index in [0.717, 1.165) is 5.57 Å². The molecule has 1 aromatic heterocycles. The zero-order valence-corrected chi connectivity index (χ0v) is 12.1. The van der Waals surface area contributed by atoms with Crippen molar-refractivity contribution in [2.24, 2.45) is 0 Å². The summed E-state index contributed by atoms with van der Waals surface area (Å²) in [6.45, 7) is 3.84. The van der Waals surface area contributed by atoms with E-state index in [4.69, 9.17) is 4.42 Å². The van der Waals surface area contributed by atoms with E-state index in [1.807, 2.05) is 38.3 Å². The van der Waals surface area contributed by atoms with E-state index in [1.165, 1.54) is 5.57 Å². The number of nitrogens with one attached hydrogen (secondary N) is 2. The molecule has 2 heterocycles. The number of carbonyl (C=O) groups excluding carboxylic acids is 1. The zero-order chi connectivity index (χ0) is 14.8. The maximum absolute atomic E-state index is 11.9. The second-order valence-corrected chi connectivity index (χ2v) is 5.42. The van der Waals surface area contributed by atoms with Crippen LogP contribution in [0.1, 0.15) is 30.2 Å². The molecule has 2 aliphatic rings. The van der Waals surface area contributed by atoms with Gasteiger partial charge in [-0.3, -0.25) is 4.79 Å². The molecule has 21 heavy (non-hydrogen) atoms. The highest BCUT2D eigenvalue weighted by molar-refractivity contribution is 5.92. The fourth-order valence-corrected chi connectivity index (χ4v) is 2.34. The Hall–Kier alpha value is -2.49. The highest BCUT2D eigenvalue weighted by atomic mass is 16.4. The standard InChI is InChI=1S/C17H18N2O2/c1-11(2)19-17(20)16-8-7-15(21-16)13-9-12-5-3-4-6-14(12)18-10-13/h3-11,14,18H,1-2H3,(H,19,20). The first-order chi connectivity index (χ1) is 10.1. The van der Waals surface area contributed by atoms with Gasteiger partial charge in [-0.25, -0.2) is 0 Å². The smallest absolute Gasteiger partial charge is 0.287 e. The van der Waals surface area contributed by atoms with Crippen LogP contribution >= 0.6 is 0 Å². The van der Waals surface area contributed by atoms with E-state index in [0.29, 0.717) is 11.5 Å². The summed E-state index contributed by atoms with van der Waals surface area (Å²) in [7, 11) is 0. The molecule has 0 aromatic carbocycles. The van der Waals surface area contributed by atoms with Crippen LogP contribution in [0.2, 0.25) is 0 Å². The Morgan fingerprint density at radius 2 is 2.19 bits per heavy atom. The number of allylic oxidation sites excluding steroid dienone is 4. The van der Waals surface area contributed by atoms with Crippen LogP contribution in [0, 0.1) is 0 Å². The topological polar surface area (TPSA) is 54.3 Å². The zero-order valence-electron chi connectivity index (χ0n) is 12.1. The van der Waals surface area contributed by atoms with Gasteiger partial charge >= 0.3 is 0 Å². The molecule has 4 nitrogen and oxygen atoms in total. The van der Waals surface area contributed by atoms with Crippen LogP contribution < -0.4 is 10.6 Å². The van der Waals surface area contributed by atoms with Crippen molar-refractivity contribution in [3.05, 3.63) is 65.8 Å². The number of dihydropyridines is 1. The van der Waals surface area contributed by atoms with Gasteiger partial charge in [0, 0.05) is 17.8 Å². The SMILES string of the molecule is CC(C)NC(=O)c1ccc(C2=CNC3C=CC=CC3=C2)o1. The number of carbonyl (C=O) groups is 1. The lowest BCUT2D eigenvalue weighted by Crippen LogP contribution is -2.29. The molecule has 108 valence electrons. The van der Waals surface area contributed by atoms with Crippen molar-refractivity contribution < 1.29 is 9.21 Å². The maximum Gasteiger partial charge on any atom is 0.287 e. The Morgan fingerprint density at radius 1 is 1.33 bits per heavy atom. The molecule has 4 heteroatoms. The van der Waals surface area contributed by atoms with E-state index < -0.39 is 0 Å². The van der Waals surface area contributed by atoms with Crippen molar-refractivity contribution in [3.8, 4) is 0 Å². The predicted octanol–water partition coefficient (Wildman–Crippen LogP) is 2.78. The third-order valence-corrected chi connectivity index (χ3v) is 3.34. The first-order valence-corrected chi connectivity index (χ1v) is 7.07. The quantitative estimate of drug-likeness (QED) is 0.896. The van der Waals surface area contributed by atoms with Gasteiger partial charge in [0.15, 0.2) is 5.76 Å². The van der Waals surface area contributed by atoms with Crippen molar-refractivity contribution in [1.29, 1.82) is 0 Å². The van der Waals surface area contributed by atoms with Crippen LogP contribution in [0.3, 0.4) is 0 Å². The Labute approximate surface area is 123 Å². The normalized spacial score (nSPS) is 19.7. The molecular weight excluding hydrogens is 264 g/mol. The molecule has 0 fully saturated rings. The Morgan fingerprint density at radius 3 is 3.00 bits per heavy atom. The van der Waals surface area contributed by atoms with Crippen molar-refractivity contribution >= 4 is 11.5 Å². The highest BCUT2D eigenvalue weighted by Crippen LogP contribution is 2.26. The number of furan rings is 1. The van der Waals surface area contributed by atoms with Crippen LogP contribution in [-0.4, -0.2) is 18.0 Å². The molecule has 1 amide bonds. The number of hydrogen-bond donors (Lipinski definition) is 2. The third kappa shape index (κ3) is 2.84. The van der Waals surface area contributed by atoms with Crippen LogP contribution in [0.5, 0.6) is 0 Å². The minimum Gasteiger partial charge on any atom is -0.451 e.